The average Bonchev–Trinajstić information content (AvgIpc) is 3.63. The van der Waals surface area contributed by atoms with Crippen LogP contribution in [0.2, 0.25) is 0 Å². The minimum Gasteiger partial charge on any atom is -0.496 e. The molecular formula is C29H32O16. The summed E-state index contributed by atoms with van der Waals surface area (Å²) in [4.78, 5) is 13.6. The van der Waals surface area contributed by atoms with Crippen LogP contribution in [0.3, 0.4) is 0 Å². The van der Waals surface area contributed by atoms with Crippen molar-refractivity contribution < 1.29 is 73.0 Å². The minimum atomic E-state index is -1.93. The van der Waals surface area contributed by atoms with E-state index in [1.165, 1.54) is 32.6 Å². The molecule has 0 unspecified atom stereocenters. The molecular weight excluding hydrogens is 604 g/mol. The van der Waals surface area contributed by atoms with E-state index in [-0.39, 0.29) is 34.8 Å². The van der Waals surface area contributed by atoms with E-state index >= 15 is 0 Å². The summed E-state index contributed by atoms with van der Waals surface area (Å²) in [6.07, 6.45) is -9.72. The Balaban J connectivity index is 1.24. The maximum atomic E-state index is 13.6. The largest absolute Gasteiger partial charge is 0.496 e. The van der Waals surface area contributed by atoms with E-state index in [1.807, 2.05) is 0 Å². The first-order valence-electron chi connectivity index (χ1n) is 13.8. The fraction of sp³-hybridized carbons (Fsp3) is 0.483. The van der Waals surface area contributed by atoms with Crippen molar-refractivity contribution >= 4 is 11.0 Å². The fourth-order valence-electron chi connectivity index (χ4n) is 5.28. The average molecular weight is 637 g/mol. The first-order chi connectivity index (χ1) is 21.6. The Kier molecular flexibility index (Phi) is 8.51. The zero-order chi connectivity index (χ0) is 32.0. The molecule has 0 radical (unpaired) electrons. The summed E-state index contributed by atoms with van der Waals surface area (Å²) in [5.74, 6) is 1.29. The monoisotopic (exact) mass is 636 g/mol. The third-order valence-electron chi connectivity index (χ3n) is 7.96. The van der Waals surface area contributed by atoms with Crippen LogP contribution in [-0.4, -0.2) is 120 Å². The van der Waals surface area contributed by atoms with Crippen molar-refractivity contribution in [1.82, 2.24) is 0 Å². The van der Waals surface area contributed by atoms with E-state index in [0.717, 1.165) is 0 Å². The van der Waals surface area contributed by atoms with E-state index in [0.29, 0.717) is 22.8 Å². The smallest absolute Gasteiger partial charge is 0.231 e. The molecule has 16 nitrogen and oxygen atoms in total. The van der Waals surface area contributed by atoms with E-state index in [1.54, 1.807) is 12.1 Å². The number of rotatable bonds is 9. The molecule has 3 aromatic rings. The molecule has 6 rings (SSSR count). The lowest BCUT2D eigenvalue weighted by molar-refractivity contribution is -0.289. The molecule has 0 spiro atoms. The number of hydrogen-bond donors (Lipinski definition) is 6. The number of aliphatic hydroxyl groups excluding tert-OH is 5. The zero-order valence-electron chi connectivity index (χ0n) is 24.0. The van der Waals surface area contributed by atoms with Gasteiger partial charge in [-0.05, 0) is 12.1 Å². The molecule has 4 heterocycles. The number of ether oxygens (including phenoxy) is 8. The van der Waals surface area contributed by atoms with Crippen LogP contribution in [0, 0.1) is 0 Å². The third kappa shape index (κ3) is 5.54. The maximum Gasteiger partial charge on any atom is 0.231 e. The summed E-state index contributed by atoms with van der Waals surface area (Å²) in [6.45, 7) is -1.62. The third-order valence-corrected chi connectivity index (χ3v) is 7.96. The van der Waals surface area contributed by atoms with Crippen LogP contribution in [0.4, 0.5) is 0 Å². The van der Waals surface area contributed by atoms with Gasteiger partial charge in [0.2, 0.25) is 18.5 Å². The quantitative estimate of drug-likeness (QED) is 0.163. The Hall–Kier alpha value is -3.71. The second-order valence-electron chi connectivity index (χ2n) is 10.7. The molecule has 45 heavy (non-hydrogen) atoms. The first-order valence-corrected chi connectivity index (χ1v) is 13.8. The van der Waals surface area contributed by atoms with Crippen LogP contribution >= 0.6 is 0 Å². The molecule has 6 N–H and O–H groups in total. The van der Waals surface area contributed by atoms with Gasteiger partial charge < -0.3 is 73.0 Å². The molecule has 2 saturated heterocycles. The van der Waals surface area contributed by atoms with Crippen molar-refractivity contribution in [3.05, 3.63) is 40.8 Å². The molecule has 2 aromatic carbocycles. The van der Waals surface area contributed by atoms with Gasteiger partial charge in [0.05, 0.1) is 45.0 Å². The van der Waals surface area contributed by atoms with E-state index in [9.17, 15) is 35.4 Å². The second-order valence-corrected chi connectivity index (χ2v) is 10.7. The Morgan fingerprint density at radius 2 is 1.62 bits per heavy atom. The highest BCUT2D eigenvalue weighted by Crippen LogP contribution is 2.42. The lowest BCUT2D eigenvalue weighted by Crippen LogP contribution is -2.60. The maximum absolute atomic E-state index is 13.6. The number of benzene rings is 2. The van der Waals surface area contributed by atoms with Gasteiger partial charge in [0, 0.05) is 17.7 Å². The Morgan fingerprint density at radius 3 is 2.31 bits per heavy atom. The van der Waals surface area contributed by atoms with Gasteiger partial charge in [0.25, 0.3) is 0 Å². The fourth-order valence-corrected chi connectivity index (χ4v) is 5.28. The molecule has 0 amide bonds. The SMILES string of the molecule is COc1cc2c(=O)c(-c3cc4c(cc3OC)OCO4)coc2cc1O[C@@H]1O[C@H](CO[C@@H]2OC[C@@](O)(CO)[C@H]2O)[C@@H](O)[C@H](O)[C@H]1O. The molecule has 3 aliphatic heterocycles. The van der Waals surface area contributed by atoms with Crippen LogP contribution in [-0.2, 0) is 14.2 Å². The van der Waals surface area contributed by atoms with Crippen molar-refractivity contribution in [2.45, 2.75) is 48.7 Å². The van der Waals surface area contributed by atoms with Gasteiger partial charge in [-0.1, -0.05) is 0 Å². The van der Waals surface area contributed by atoms with Crippen molar-refractivity contribution in [3.8, 4) is 39.9 Å². The molecule has 0 aliphatic carbocycles. The molecule has 0 saturated carbocycles. The Bertz CT molecular complexity index is 1610. The van der Waals surface area contributed by atoms with Crippen LogP contribution in [0.15, 0.2) is 39.7 Å². The summed E-state index contributed by atoms with van der Waals surface area (Å²) in [7, 11) is 2.78. The van der Waals surface area contributed by atoms with Crippen LogP contribution < -0.4 is 29.1 Å². The highest BCUT2D eigenvalue weighted by molar-refractivity contribution is 5.86. The summed E-state index contributed by atoms with van der Waals surface area (Å²) < 4.78 is 49.7. The molecule has 0 bridgehead atoms. The zero-order valence-corrected chi connectivity index (χ0v) is 24.0. The molecule has 8 atom stereocenters. The standard InChI is InChI=1S/C29H32O16/c1-37-15-5-19-18(42-11-43-19)3-12(15)14-7-39-16-6-20(17(38-2)4-13(16)22(14)31)44-27-25(34)24(33)23(32)21(45-27)8-40-28-26(35)29(36,9-30)10-41-28/h3-7,21,23-28,30,32-36H,8-11H2,1-2H3/t21-,23-,24+,25-,26+,27-,28-,29+/m1/s1. The normalized spacial score (nSPS) is 30.9. The lowest BCUT2D eigenvalue weighted by Gasteiger charge is -2.40. The predicted octanol–water partition coefficient (Wildman–Crippen LogP) is -1.15. The van der Waals surface area contributed by atoms with Crippen LogP contribution in [0.1, 0.15) is 0 Å². The Labute approximate surface area is 254 Å². The summed E-state index contributed by atoms with van der Waals surface area (Å²) in [5.41, 5.74) is -1.68. The number of methoxy groups -OCH3 is 2. The van der Waals surface area contributed by atoms with Gasteiger partial charge in [-0.2, -0.15) is 0 Å². The van der Waals surface area contributed by atoms with Crippen molar-refractivity contribution in [3.63, 3.8) is 0 Å². The highest BCUT2D eigenvalue weighted by atomic mass is 16.7. The minimum absolute atomic E-state index is 0.0311. The molecule has 2 fully saturated rings. The molecule has 3 aliphatic rings. The Morgan fingerprint density at radius 1 is 0.889 bits per heavy atom. The summed E-state index contributed by atoms with van der Waals surface area (Å²) >= 11 is 0. The summed E-state index contributed by atoms with van der Waals surface area (Å²) in [6, 6.07) is 5.94. The van der Waals surface area contributed by atoms with Crippen molar-refractivity contribution in [1.29, 1.82) is 0 Å². The van der Waals surface area contributed by atoms with Gasteiger partial charge in [0.15, 0.2) is 29.3 Å². The van der Waals surface area contributed by atoms with Gasteiger partial charge in [-0.15, -0.1) is 0 Å². The van der Waals surface area contributed by atoms with Gasteiger partial charge in [-0.25, -0.2) is 0 Å². The van der Waals surface area contributed by atoms with E-state index in [4.69, 9.17) is 42.3 Å². The van der Waals surface area contributed by atoms with Crippen molar-refractivity contribution in [2.24, 2.45) is 0 Å². The van der Waals surface area contributed by atoms with Crippen LogP contribution in [0.25, 0.3) is 22.1 Å². The first kappa shape index (κ1) is 31.3. The number of aliphatic hydroxyl groups is 6. The van der Waals surface area contributed by atoms with Gasteiger partial charge >= 0.3 is 0 Å². The topological polar surface area (TPSA) is 225 Å². The molecule has 244 valence electrons. The van der Waals surface area contributed by atoms with Crippen molar-refractivity contribution in [2.75, 3.05) is 40.8 Å². The van der Waals surface area contributed by atoms with Gasteiger partial charge in [-0.3, -0.25) is 4.79 Å². The lowest BCUT2D eigenvalue weighted by atomic mass is 9.99. The molecule has 16 heteroatoms. The number of fused-ring (bicyclic) bond motifs is 2. The molecule has 1 aromatic heterocycles. The van der Waals surface area contributed by atoms with Crippen LogP contribution in [0.5, 0.6) is 28.7 Å². The summed E-state index contributed by atoms with van der Waals surface area (Å²) in [5, 5.41) is 61.5. The number of hydrogen-bond acceptors (Lipinski definition) is 16. The predicted molar refractivity (Wildman–Crippen MR) is 148 cm³/mol. The van der Waals surface area contributed by atoms with E-state index < -0.39 is 74.0 Å². The second kappa shape index (κ2) is 12.2. The highest BCUT2D eigenvalue weighted by Gasteiger charge is 2.50. The van der Waals surface area contributed by atoms with E-state index in [2.05, 4.69) is 0 Å². The van der Waals surface area contributed by atoms with Gasteiger partial charge in [0.1, 0.15) is 53.7 Å².